The molecule has 1 saturated heterocycles. The van der Waals surface area contributed by atoms with Gasteiger partial charge in [0.1, 0.15) is 11.5 Å². The first kappa shape index (κ1) is 22.7. The zero-order valence-corrected chi connectivity index (χ0v) is 19.4. The zero-order valence-electron chi connectivity index (χ0n) is 18.5. The first-order valence-electron chi connectivity index (χ1n) is 11.2. The topological polar surface area (TPSA) is 107 Å². The number of ether oxygens (including phenoxy) is 2. The summed E-state index contributed by atoms with van der Waals surface area (Å²) in [6, 6.07) is 9.60. The predicted octanol–water partition coefficient (Wildman–Crippen LogP) is 3.89. The molecule has 0 spiro atoms. The summed E-state index contributed by atoms with van der Waals surface area (Å²) in [5.74, 6) is -1.66. The van der Waals surface area contributed by atoms with Gasteiger partial charge in [-0.1, -0.05) is 29.5 Å². The fourth-order valence-electron chi connectivity index (χ4n) is 4.94. The molecule has 186 valence electrons. The summed E-state index contributed by atoms with van der Waals surface area (Å²) in [7, 11) is 0. The second-order valence-electron chi connectivity index (χ2n) is 8.92. The molecule has 2 amide bonds. The molecule has 3 aliphatic rings. The SMILES string of the molecule is Nc1nc(C(=O)N2C3CC3C[C@H]2CNC(=O)c2cccc3c2OC(F)(F)O3)c(-c2cccc(F)c2)s1. The van der Waals surface area contributed by atoms with Crippen LogP contribution < -0.4 is 20.5 Å². The van der Waals surface area contributed by atoms with Gasteiger partial charge < -0.3 is 25.4 Å². The number of hydrogen-bond acceptors (Lipinski definition) is 7. The van der Waals surface area contributed by atoms with Crippen LogP contribution >= 0.6 is 11.3 Å². The fourth-order valence-corrected chi connectivity index (χ4v) is 5.76. The van der Waals surface area contributed by atoms with Crippen molar-refractivity contribution in [2.45, 2.75) is 31.2 Å². The van der Waals surface area contributed by atoms with E-state index in [2.05, 4.69) is 19.8 Å². The predicted molar refractivity (Wildman–Crippen MR) is 123 cm³/mol. The number of carbonyl (C=O) groups excluding carboxylic acids is 2. The number of alkyl halides is 2. The van der Waals surface area contributed by atoms with Crippen LogP contribution in [0.5, 0.6) is 11.5 Å². The summed E-state index contributed by atoms with van der Waals surface area (Å²) in [6.07, 6.45) is -2.32. The van der Waals surface area contributed by atoms with Crippen molar-refractivity contribution in [1.29, 1.82) is 0 Å². The average Bonchev–Trinajstić information content (AvgIpc) is 3.16. The number of nitrogen functional groups attached to an aromatic ring is 1. The van der Waals surface area contributed by atoms with Crippen molar-refractivity contribution in [3.8, 4) is 21.9 Å². The molecule has 2 aromatic carbocycles. The van der Waals surface area contributed by atoms with E-state index < -0.39 is 18.0 Å². The third kappa shape index (κ3) is 3.91. The molecule has 1 saturated carbocycles. The number of piperidine rings is 1. The van der Waals surface area contributed by atoms with Crippen LogP contribution in [-0.2, 0) is 0 Å². The number of nitrogens with two attached hydrogens (primary N) is 1. The Morgan fingerprint density at radius 1 is 1.19 bits per heavy atom. The number of carbonyl (C=O) groups is 2. The lowest BCUT2D eigenvalue weighted by atomic mass is 10.1. The van der Waals surface area contributed by atoms with Crippen molar-refractivity contribution in [2.75, 3.05) is 12.3 Å². The van der Waals surface area contributed by atoms with Crippen LogP contribution in [0.1, 0.15) is 33.7 Å². The fraction of sp³-hybridized carbons (Fsp3) is 0.292. The number of para-hydroxylation sites is 1. The highest BCUT2D eigenvalue weighted by atomic mass is 32.1. The van der Waals surface area contributed by atoms with Crippen LogP contribution in [0.2, 0.25) is 0 Å². The molecule has 2 unspecified atom stereocenters. The van der Waals surface area contributed by atoms with Crippen LogP contribution in [0.25, 0.3) is 10.4 Å². The molecular weight excluding hydrogens is 497 g/mol. The molecule has 3 N–H and O–H groups in total. The average molecular weight is 517 g/mol. The molecule has 6 rings (SSSR count). The molecule has 36 heavy (non-hydrogen) atoms. The van der Waals surface area contributed by atoms with Crippen molar-refractivity contribution in [3.63, 3.8) is 0 Å². The normalized spacial score (nSPS) is 22.9. The minimum atomic E-state index is -3.84. The Labute approximate surface area is 206 Å². The number of halogens is 3. The summed E-state index contributed by atoms with van der Waals surface area (Å²) in [5.41, 5.74) is 6.46. The van der Waals surface area contributed by atoms with Crippen LogP contribution in [0.15, 0.2) is 42.5 Å². The number of thiazole rings is 1. The highest BCUT2D eigenvalue weighted by Gasteiger charge is 2.54. The van der Waals surface area contributed by atoms with Crippen molar-refractivity contribution in [1.82, 2.24) is 15.2 Å². The minimum absolute atomic E-state index is 0.0130. The summed E-state index contributed by atoms with van der Waals surface area (Å²) in [6.45, 7) is 0.105. The lowest BCUT2D eigenvalue weighted by Gasteiger charge is -2.27. The zero-order chi connectivity index (χ0) is 25.2. The number of nitrogens with zero attached hydrogens (tertiary/aromatic N) is 2. The van der Waals surface area contributed by atoms with Gasteiger partial charge in [0.2, 0.25) is 0 Å². The summed E-state index contributed by atoms with van der Waals surface area (Å²) in [5, 5.41) is 2.92. The standard InChI is InChI=1S/C24H19F3N4O4S/c25-13-4-1-3-11(7-13)20-18(30-23(28)36-20)22(33)31-14(8-12-9-16(12)31)10-29-21(32)15-5-2-6-17-19(15)35-24(26,27)34-17/h1-7,12,14,16H,8-10H2,(H2,28,30)(H,29,32)/t12?,14-,16?/m0/s1. The third-order valence-corrected chi connectivity index (χ3v) is 7.48. The van der Waals surface area contributed by atoms with Gasteiger partial charge in [-0.05, 0) is 48.6 Å². The Kier molecular flexibility index (Phi) is 5.11. The Hall–Kier alpha value is -3.80. The second-order valence-corrected chi connectivity index (χ2v) is 9.95. The molecule has 2 fully saturated rings. The Morgan fingerprint density at radius 3 is 2.81 bits per heavy atom. The van der Waals surface area contributed by atoms with E-state index in [0.29, 0.717) is 22.8 Å². The van der Waals surface area contributed by atoms with Gasteiger partial charge >= 0.3 is 6.29 Å². The van der Waals surface area contributed by atoms with E-state index in [1.54, 1.807) is 17.0 Å². The lowest BCUT2D eigenvalue weighted by molar-refractivity contribution is -0.286. The van der Waals surface area contributed by atoms with Crippen molar-refractivity contribution in [3.05, 3.63) is 59.5 Å². The van der Waals surface area contributed by atoms with Crippen molar-refractivity contribution < 1.29 is 32.2 Å². The number of hydrogen-bond donors (Lipinski definition) is 2. The summed E-state index contributed by atoms with van der Waals surface area (Å²) >= 11 is 1.10. The van der Waals surface area contributed by atoms with E-state index in [0.717, 1.165) is 17.8 Å². The summed E-state index contributed by atoms with van der Waals surface area (Å²) in [4.78, 5) is 32.9. The van der Waals surface area contributed by atoms with Crippen LogP contribution in [0.3, 0.4) is 0 Å². The molecule has 3 atom stereocenters. The largest absolute Gasteiger partial charge is 0.586 e. The van der Waals surface area contributed by atoms with Crippen molar-refractivity contribution in [2.24, 2.45) is 5.92 Å². The van der Waals surface area contributed by atoms with Gasteiger partial charge in [0, 0.05) is 12.6 Å². The minimum Gasteiger partial charge on any atom is -0.395 e. The number of amides is 2. The maximum Gasteiger partial charge on any atom is 0.586 e. The first-order chi connectivity index (χ1) is 17.2. The van der Waals surface area contributed by atoms with E-state index in [1.807, 2.05) is 0 Å². The number of aromatic nitrogens is 1. The van der Waals surface area contributed by atoms with Gasteiger partial charge in [0.05, 0.1) is 16.5 Å². The number of benzene rings is 2. The van der Waals surface area contributed by atoms with E-state index >= 15 is 0 Å². The number of rotatable bonds is 5. The van der Waals surface area contributed by atoms with Gasteiger partial charge in [0.15, 0.2) is 16.6 Å². The van der Waals surface area contributed by atoms with Gasteiger partial charge in [-0.2, -0.15) is 0 Å². The Morgan fingerprint density at radius 2 is 2.00 bits per heavy atom. The van der Waals surface area contributed by atoms with Crippen LogP contribution in [0.4, 0.5) is 18.3 Å². The quantitative estimate of drug-likeness (QED) is 0.533. The van der Waals surface area contributed by atoms with E-state index in [4.69, 9.17) is 5.73 Å². The van der Waals surface area contributed by atoms with E-state index in [-0.39, 0.29) is 52.4 Å². The number of likely N-dealkylation sites (tertiary alicyclic amines) is 1. The smallest absolute Gasteiger partial charge is 0.395 e. The van der Waals surface area contributed by atoms with E-state index in [1.165, 1.54) is 30.3 Å². The molecule has 0 radical (unpaired) electrons. The molecule has 0 bridgehead atoms. The third-order valence-electron chi connectivity index (χ3n) is 6.55. The lowest BCUT2D eigenvalue weighted by Crippen LogP contribution is -2.45. The number of anilines is 1. The highest BCUT2D eigenvalue weighted by molar-refractivity contribution is 7.19. The van der Waals surface area contributed by atoms with Gasteiger partial charge in [-0.25, -0.2) is 9.37 Å². The molecule has 3 aromatic rings. The second kappa shape index (κ2) is 8.12. The van der Waals surface area contributed by atoms with E-state index in [9.17, 15) is 22.8 Å². The number of fused-ring (bicyclic) bond motifs is 2. The molecule has 1 aromatic heterocycles. The molecule has 12 heteroatoms. The maximum absolute atomic E-state index is 13.8. The molecule has 3 heterocycles. The van der Waals surface area contributed by atoms with Gasteiger partial charge in [-0.3, -0.25) is 9.59 Å². The van der Waals surface area contributed by atoms with Crippen LogP contribution in [0, 0.1) is 11.7 Å². The molecule has 1 aliphatic carbocycles. The monoisotopic (exact) mass is 516 g/mol. The first-order valence-corrected chi connectivity index (χ1v) is 12.0. The molecule has 8 nitrogen and oxygen atoms in total. The summed E-state index contributed by atoms with van der Waals surface area (Å²) < 4.78 is 49.7. The molecular formula is C24H19F3N4O4S. The van der Waals surface area contributed by atoms with Crippen LogP contribution in [-0.4, -0.2) is 46.6 Å². The number of nitrogens with one attached hydrogen (secondary N) is 1. The van der Waals surface area contributed by atoms with Gasteiger partial charge in [-0.15, -0.1) is 8.78 Å². The Bertz CT molecular complexity index is 1400. The van der Waals surface area contributed by atoms with Gasteiger partial charge in [0.25, 0.3) is 11.8 Å². The highest BCUT2D eigenvalue weighted by Crippen LogP contribution is 2.49. The van der Waals surface area contributed by atoms with Crippen molar-refractivity contribution >= 4 is 28.3 Å². The molecule has 2 aliphatic heterocycles. The maximum atomic E-state index is 13.8. The Balaban J connectivity index is 1.21.